The van der Waals surface area contributed by atoms with E-state index in [-0.39, 0.29) is 5.92 Å². The van der Waals surface area contributed by atoms with Crippen LogP contribution in [0.25, 0.3) is 5.69 Å². The number of aliphatic carboxylic acids is 1. The molecule has 6 heteroatoms. The molecular formula is C17H21N3O3. The Bertz CT molecular complexity index is 734. The standard InChI is InChI=1S/C17H21N3O3/c1-10(2)15(17(22)23)19-16(21)14-9-18-20(12(14)4)13-7-5-6-11(3)8-13/h5-10,15H,1-4H3,(H,19,21)(H,22,23)/t15-/m1/s1. The number of amides is 1. The van der Waals surface area contributed by atoms with Gasteiger partial charge >= 0.3 is 5.97 Å². The number of nitrogens with zero attached hydrogens (tertiary/aromatic N) is 2. The van der Waals surface area contributed by atoms with E-state index in [1.807, 2.05) is 31.2 Å². The number of aryl methyl sites for hydroxylation is 1. The van der Waals surface area contributed by atoms with E-state index in [0.29, 0.717) is 11.3 Å². The smallest absolute Gasteiger partial charge is 0.326 e. The number of carbonyl (C=O) groups excluding carboxylic acids is 1. The Balaban J connectivity index is 2.28. The molecular weight excluding hydrogens is 294 g/mol. The van der Waals surface area contributed by atoms with Gasteiger partial charge in [0.25, 0.3) is 5.91 Å². The average Bonchev–Trinajstić information content (AvgIpc) is 2.85. The van der Waals surface area contributed by atoms with Crippen molar-refractivity contribution < 1.29 is 14.7 Å². The summed E-state index contributed by atoms with van der Waals surface area (Å²) in [5.41, 5.74) is 2.99. The Kier molecular flexibility index (Phi) is 4.83. The number of hydrogen-bond acceptors (Lipinski definition) is 3. The summed E-state index contributed by atoms with van der Waals surface area (Å²) < 4.78 is 1.67. The lowest BCUT2D eigenvalue weighted by molar-refractivity contribution is -0.140. The Morgan fingerprint density at radius 3 is 2.52 bits per heavy atom. The van der Waals surface area contributed by atoms with Gasteiger partial charge in [-0.3, -0.25) is 4.79 Å². The minimum atomic E-state index is -1.04. The molecule has 0 radical (unpaired) electrons. The third kappa shape index (κ3) is 3.59. The molecule has 0 unspecified atom stereocenters. The second kappa shape index (κ2) is 6.64. The summed E-state index contributed by atoms with van der Waals surface area (Å²) in [6, 6.07) is 6.85. The van der Waals surface area contributed by atoms with Crippen LogP contribution in [-0.4, -0.2) is 32.8 Å². The molecule has 0 aliphatic heterocycles. The monoisotopic (exact) mass is 315 g/mol. The Morgan fingerprint density at radius 2 is 1.96 bits per heavy atom. The van der Waals surface area contributed by atoms with E-state index in [9.17, 15) is 14.7 Å². The predicted octanol–water partition coefficient (Wildman–Crippen LogP) is 2.33. The second-order valence-electron chi connectivity index (χ2n) is 5.93. The van der Waals surface area contributed by atoms with Crippen LogP contribution in [0.15, 0.2) is 30.5 Å². The highest BCUT2D eigenvalue weighted by Gasteiger charge is 2.25. The topological polar surface area (TPSA) is 84.2 Å². The van der Waals surface area contributed by atoms with Crippen molar-refractivity contribution in [2.24, 2.45) is 5.92 Å². The maximum absolute atomic E-state index is 12.4. The van der Waals surface area contributed by atoms with Gasteiger partial charge in [-0.2, -0.15) is 5.10 Å². The minimum Gasteiger partial charge on any atom is -0.480 e. The van der Waals surface area contributed by atoms with E-state index in [2.05, 4.69) is 10.4 Å². The molecule has 1 heterocycles. The van der Waals surface area contributed by atoms with Gasteiger partial charge in [-0.1, -0.05) is 26.0 Å². The first-order chi connectivity index (χ1) is 10.8. The summed E-state index contributed by atoms with van der Waals surface area (Å²) in [4.78, 5) is 23.6. The van der Waals surface area contributed by atoms with Crippen LogP contribution in [0.2, 0.25) is 0 Å². The summed E-state index contributed by atoms with van der Waals surface area (Å²) in [6.07, 6.45) is 1.46. The predicted molar refractivity (Wildman–Crippen MR) is 86.8 cm³/mol. The largest absolute Gasteiger partial charge is 0.480 e. The molecule has 0 aliphatic carbocycles. The van der Waals surface area contributed by atoms with Crippen LogP contribution in [-0.2, 0) is 4.79 Å². The van der Waals surface area contributed by atoms with Crippen molar-refractivity contribution in [2.75, 3.05) is 0 Å². The number of hydrogen-bond donors (Lipinski definition) is 2. The van der Waals surface area contributed by atoms with E-state index in [1.165, 1.54) is 6.20 Å². The molecule has 1 amide bonds. The van der Waals surface area contributed by atoms with Crippen LogP contribution in [0.1, 0.15) is 35.5 Å². The highest BCUT2D eigenvalue weighted by molar-refractivity contribution is 5.97. The van der Waals surface area contributed by atoms with Gasteiger partial charge < -0.3 is 10.4 Å². The lowest BCUT2D eigenvalue weighted by Gasteiger charge is -2.17. The van der Waals surface area contributed by atoms with Crippen molar-refractivity contribution >= 4 is 11.9 Å². The van der Waals surface area contributed by atoms with Gasteiger partial charge in [-0.15, -0.1) is 0 Å². The molecule has 23 heavy (non-hydrogen) atoms. The van der Waals surface area contributed by atoms with E-state index in [1.54, 1.807) is 25.5 Å². The molecule has 2 N–H and O–H groups in total. The zero-order valence-corrected chi connectivity index (χ0v) is 13.7. The molecule has 0 saturated heterocycles. The number of rotatable bonds is 5. The van der Waals surface area contributed by atoms with Gasteiger partial charge in [0.05, 0.1) is 23.1 Å². The highest BCUT2D eigenvalue weighted by atomic mass is 16.4. The molecule has 2 rings (SSSR count). The maximum atomic E-state index is 12.4. The zero-order valence-electron chi connectivity index (χ0n) is 13.7. The zero-order chi connectivity index (χ0) is 17.1. The third-order valence-electron chi connectivity index (χ3n) is 3.72. The Hall–Kier alpha value is -2.63. The molecule has 0 bridgehead atoms. The van der Waals surface area contributed by atoms with E-state index < -0.39 is 17.9 Å². The Labute approximate surface area is 135 Å². The molecule has 1 aromatic carbocycles. The maximum Gasteiger partial charge on any atom is 0.326 e. The molecule has 2 aromatic rings. The minimum absolute atomic E-state index is 0.205. The number of benzene rings is 1. The SMILES string of the molecule is Cc1cccc(-n2ncc(C(=O)N[C@@H](C(=O)O)C(C)C)c2C)c1. The number of carboxylic acid groups (broad SMARTS) is 1. The van der Waals surface area contributed by atoms with Crippen molar-refractivity contribution in [1.29, 1.82) is 0 Å². The van der Waals surface area contributed by atoms with Crippen LogP contribution >= 0.6 is 0 Å². The first kappa shape index (κ1) is 16.7. The van der Waals surface area contributed by atoms with Gasteiger partial charge in [-0.25, -0.2) is 9.48 Å². The summed E-state index contributed by atoms with van der Waals surface area (Å²) in [5, 5.41) is 16.0. The Morgan fingerprint density at radius 1 is 1.26 bits per heavy atom. The summed E-state index contributed by atoms with van der Waals surface area (Å²) in [5.74, 6) is -1.68. The lowest BCUT2D eigenvalue weighted by atomic mass is 10.0. The summed E-state index contributed by atoms with van der Waals surface area (Å²) in [6.45, 7) is 7.27. The van der Waals surface area contributed by atoms with E-state index in [0.717, 1.165) is 11.3 Å². The van der Waals surface area contributed by atoms with Gasteiger partial charge in [-0.05, 0) is 37.5 Å². The normalized spacial score (nSPS) is 12.2. The number of carbonyl (C=O) groups is 2. The highest BCUT2D eigenvalue weighted by Crippen LogP contribution is 2.16. The van der Waals surface area contributed by atoms with Crippen LogP contribution < -0.4 is 5.32 Å². The van der Waals surface area contributed by atoms with E-state index >= 15 is 0 Å². The summed E-state index contributed by atoms with van der Waals surface area (Å²) in [7, 11) is 0. The van der Waals surface area contributed by atoms with Crippen molar-refractivity contribution in [3.8, 4) is 5.69 Å². The van der Waals surface area contributed by atoms with Crippen LogP contribution in [0.4, 0.5) is 0 Å². The molecule has 6 nitrogen and oxygen atoms in total. The van der Waals surface area contributed by atoms with Crippen LogP contribution in [0.3, 0.4) is 0 Å². The van der Waals surface area contributed by atoms with Gasteiger partial charge in [0.15, 0.2) is 0 Å². The van der Waals surface area contributed by atoms with Gasteiger partial charge in [0, 0.05) is 0 Å². The fourth-order valence-electron chi connectivity index (χ4n) is 2.39. The fraction of sp³-hybridized carbons (Fsp3) is 0.353. The van der Waals surface area contributed by atoms with Crippen LogP contribution in [0, 0.1) is 19.8 Å². The third-order valence-corrected chi connectivity index (χ3v) is 3.72. The first-order valence-corrected chi connectivity index (χ1v) is 7.46. The molecule has 0 spiro atoms. The molecule has 1 atom stereocenters. The fourth-order valence-corrected chi connectivity index (χ4v) is 2.39. The number of aromatic nitrogens is 2. The molecule has 0 aliphatic rings. The number of nitrogens with one attached hydrogen (secondary N) is 1. The van der Waals surface area contributed by atoms with Crippen LogP contribution in [0.5, 0.6) is 0 Å². The quantitative estimate of drug-likeness (QED) is 0.887. The molecule has 0 fully saturated rings. The van der Waals surface area contributed by atoms with Gasteiger partial charge in [0.2, 0.25) is 0 Å². The van der Waals surface area contributed by atoms with Crippen molar-refractivity contribution in [2.45, 2.75) is 33.7 Å². The first-order valence-electron chi connectivity index (χ1n) is 7.46. The van der Waals surface area contributed by atoms with E-state index in [4.69, 9.17) is 0 Å². The molecule has 1 aromatic heterocycles. The molecule has 0 saturated carbocycles. The second-order valence-corrected chi connectivity index (χ2v) is 5.93. The lowest BCUT2D eigenvalue weighted by Crippen LogP contribution is -2.44. The average molecular weight is 315 g/mol. The van der Waals surface area contributed by atoms with Crippen molar-refractivity contribution in [3.05, 3.63) is 47.3 Å². The van der Waals surface area contributed by atoms with Crippen molar-refractivity contribution in [3.63, 3.8) is 0 Å². The number of carboxylic acids is 1. The van der Waals surface area contributed by atoms with Gasteiger partial charge in [0.1, 0.15) is 6.04 Å². The van der Waals surface area contributed by atoms with Crippen molar-refractivity contribution in [1.82, 2.24) is 15.1 Å². The molecule has 122 valence electrons. The summed E-state index contributed by atoms with van der Waals surface area (Å²) >= 11 is 0.